The molecule has 0 aromatic carbocycles. The van der Waals surface area contributed by atoms with Crippen molar-refractivity contribution in [3.8, 4) is 0 Å². The maximum absolute atomic E-state index is 12.9. The molecule has 0 saturated heterocycles. The zero-order valence-electron chi connectivity index (χ0n) is 47.2. The van der Waals surface area contributed by atoms with Crippen LogP contribution in [0.1, 0.15) is 284 Å². The number of unbranched alkanes of at least 4 members (excludes halogenated alkanes) is 27. The van der Waals surface area contributed by atoms with E-state index in [-0.39, 0.29) is 37.5 Å². The largest absolute Gasteiger partial charge is 0.462 e. The minimum atomic E-state index is -0.806. The van der Waals surface area contributed by atoms with Gasteiger partial charge in [0, 0.05) is 19.3 Å². The van der Waals surface area contributed by atoms with Crippen molar-refractivity contribution in [3.05, 3.63) is 97.2 Å². The number of carbonyl (C=O) groups is 3. The molecule has 72 heavy (non-hydrogen) atoms. The molecule has 6 nitrogen and oxygen atoms in total. The van der Waals surface area contributed by atoms with Crippen LogP contribution in [0.5, 0.6) is 0 Å². The summed E-state index contributed by atoms with van der Waals surface area (Å²) in [5.41, 5.74) is 0. The van der Waals surface area contributed by atoms with E-state index in [4.69, 9.17) is 14.2 Å². The Balaban J connectivity index is 4.47. The lowest BCUT2D eigenvalue weighted by atomic mass is 10.0. The molecule has 1 atom stereocenters. The summed E-state index contributed by atoms with van der Waals surface area (Å²) < 4.78 is 16.8. The summed E-state index contributed by atoms with van der Waals surface area (Å²) in [5, 5.41) is 0. The standard InChI is InChI=1S/C66H112O6/c1-4-7-10-13-16-19-22-25-28-31-33-36-38-41-44-47-50-53-56-59-65(68)71-62-63(61-70-64(67)58-55-52-49-46-43-40-37-34-30-27-24-21-18-15-12-9-6-3)72-66(69)60-57-54-51-48-45-42-39-35-32-29-26-23-20-17-14-11-8-5-2/h9,12,16,18-19,21,25,27-28,30,33,36-37,40,46,49,63H,4-8,10-11,13-15,17,20,22-24,26,29,31-32,34-35,38-39,41-45,47-48,50-62H2,1-3H3/b12-9-,19-16-,21-18-,28-25-,30-27-,36-33-,40-37-,49-46-. The highest BCUT2D eigenvalue weighted by Crippen LogP contribution is 2.16. The van der Waals surface area contributed by atoms with Crippen LogP contribution in [0, 0.1) is 0 Å². The van der Waals surface area contributed by atoms with Gasteiger partial charge in [-0.05, 0) is 96.3 Å². The fourth-order valence-corrected chi connectivity index (χ4v) is 8.31. The van der Waals surface area contributed by atoms with Gasteiger partial charge in [0.2, 0.25) is 0 Å². The molecule has 1 unspecified atom stereocenters. The van der Waals surface area contributed by atoms with Crippen molar-refractivity contribution in [1.29, 1.82) is 0 Å². The average molecular weight is 1000 g/mol. The molecule has 0 aromatic heterocycles. The van der Waals surface area contributed by atoms with Crippen molar-refractivity contribution in [2.45, 2.75) is 290 Å². The monoisotopic (exact) mass is 1000 g/mol. The lowest BCUT2D eigenvalue weighted by molar-refractivity contribution is -0.167. The molecule has 0 saturated carbocycles. The van der Waals surface area contributed by atoms with E-state index in [1.165, 1.54) is 141 Å². The minimum absolute atomic E-state index is 0.101. The van der Waals surface area contributed by atoms with E-state index in [0.29, 0.717) is 19.3 Å². The molecule has 0 heterocycles. The van der Waals surface area contributed by atoms with E-state index in [0.717, 1.165) is 96.3 Å². The van der Waals surface area contributed by atoms with Gasteiger partial charge in [-0.25, -0.2) is 0 Å². The molecule has 0 bridgehead atoms. The fourth-order valence-electron chi connectivity index (χ4n) is 8.31. The van der Waals surface area contributed by atoms with E-state index >= 15 is 0 Å². The minimum Gasteiger partial charge on any atom is -0.462 e. The van der Waals surface area contributed by atoms with Crippen LogP contribution >= 0.6 is 0 Å². The van der Waals surface area contributed by atoms with Crippen molar-refractivity contribution in [2.75, 3.05) is 13.2 Å². The molecular weight excluding hydrogens is 889 g/mol. The molecule has 0 aliphatic carbocycles. The number of esters is 3. The van der Waals surface area contributed by atoms with E-state index < -0.39 is 6.10 Å². The maximum Gasteiger partial charge on any atom is 0.306 e. The number of rotatable bonds is 54. The summed E-state index contributed by atoms with van der Waals surface area (Å²) in [5.74, 6) is -0.964. The molecule has 0 aliphatic rings. The Morgan fingerprint density at radius 3 is 0.931 bits per heavy atom. The number of ether oxygens (including phenoxy) is 3. The van der Waals surface area contributed by atoms with Gasteiger partial charge < -0.3 is 14.2 Å². The first-order chi connectivity index (χ1) is 35.5. The van der Waals surface area contributed by atoms with Gasteiger partial charge in [-0.3, -0.25) is 14.4 Å². The van der Waals surface area contributed by atoms with Crippen LogP contribution in [0.25, 0.3) is 0 Å². The molecule has 0 amide bonds. The average Bonchev–Trinajstić information content (AvgIpc) is 3.38. The lowest BCUT2D eigenvalue weighted by Gasteiger charge is -2.18. The Kier molecular flexibility index (Phi) is 56.8. The molecule has 0 spiro atoms. The summed E-state index contributed by atoms with van der Waals surface area (Å²) in [6, 6.07) is 0. The number of allylic oxidation sites excluding steroid dienone is 16. The zero-order chi connectivity index (χ0) is 52.2. The van der Waals surface area contributed by atoms with Gasteiger partial charge in [0.15, 0.2) is 6.10 Å². The second-order valence-electron chi connectivity index (χ2n) is 19.9. The molecule has 0 aromatic rings. The summed E-state index contributed by atoms with van der Waals surface area (Å²) in [7, 11) is 0. The quantitative estimate of drug-likeness (QED) is 0.0261. The Morgan fingerprint density at radius 2 is 0.556 bits per heavy atom. The first-order valence-electron chi connectivity index (χ1n) is 30.2. The Labute approximate surface area is 445 Å². The Morgan fingerprint density at radius 1 is 0.292 bits per heavy atom. The summed E-state index contributed by atoms with van der Waals surface area (Å²) in [6.07, 6.45) is 79.8. The van der Waals surface area contributed by atoms with Crippen LogP contribution in [0.4, 0.5) is 0 Å². The first-order valence-corrected chi connectivity index (χ1v) is 30.2. The highest BCUT2D eigenvalue weighted by molar-refractivity contribution is 5.71. The first kappa shape index (κ1) is 68.3. The van der Waals surface area contributed by atoms with Crippen LogP contribution in [0.15, 0.2) is 97.2 Å². The highest BCUT2D eigenvalue weighted by Gasteiger charge is 2.19. The molecule has 0 radical (unpaired) electrons. The predicted molar refractivity (Wildman–Crippen MR) is 311 cm³/mol. The van der Waals surface area contributed by atoms with Crippen molar-refractivity contribution in [2.24, 2.45) is 0 Å². The lowest BCUT2D eigenvalue weighted by Crippen LogP contribution is -2.30. The third kappa shape index (κ3) is 57.2. The Bertz CT molecular complexity index is 1430. The molecular formula is C66H112O6. The van der Waals surface area contributed by atoms with E-state index in [9.17, 15) is 14.4 Å². The van der Waals surface area contributed by atoms with E-state index in [1.807, 2.05) is 0 Å². The molecule has 412 valence electrons. The van der Waals surface area contributed by atoms with Gasteiger partial charge in [0.05, 0.1) is 0 Å². The summed E-state index contributed by atoms with van der Waals surface area (Å²) >= 11 is 0. The molecule has 0 aliphatic heterocycles. The van der Waals surface area contributed by atoms with Crippen molar-refractivity contribution < 1.29 is 28.6 Å². The molecule has 0 rings (SSSR count). The maximum atomic E-state index is 12.9. The Hall–Kier alpha value is -3.67. The number of hydrogen-bond acceptors (Lipinski definition) is 6. The van der Waals surface area contributed by atoms with Crippen LogP contribution in [0.2, 0.25) is 0 Å². The SMILES string of the molecule is CC/C=C\C/C=C\C/C=C\C/C=C\C/C=C\CCCC(=O)OCC(COC(=O)CCCCCCCC/C=C\C/C=C\C/C=C\CCCCC)OC(=O)CCCCCCCCCCCCCCCCCCCC. The van der Waals surface area contributed by atoms with Crippen molar-refractivity contribution >= 4 is 17.9 Å². The van der Waals surface area contributed by atoms with Gasteiger partial charge in [-0.1, -0.05) is 266 Å². The summed E-state index contributed by atoms with van der Waals surface area (Å²) in [4.78, 5) is 38.2. The van der Waals surface area contributed by atoms with Crippen molar-refractivity contribution in [1.82, 2.24) is 0 Å². The topological polar surface area (TPSA) is 78.9 Å². The number of carbonyl (C=O) groups excluding carboxylic acids is 3. The van der Waals surface area contributed by atoms with Crippen LogP contribution < -0.4 is 0 Å². The van der Waals surface area contributed by atoms with Crippen molar-refractivity contribution in [3.63, 3.8) is 0 Å². The van der Waals surface area contributed by atoms with Crippen LogP contribution in [0.3, 0.4) is 0 Å². The predicted octanol–water partition coefficient (Wildman–Crippen LogP) is 20.5. The smallest absolute Gasteiger partial charge is 0.306 e. The summed E-state index contributed by atoms with van der Waals surface area (Å²) in [6.45, 7) is 6.46. The highest BCUT2D eigenvalue weighted by atomic mass is 16.6. The van der Waals surface area contributed by atoms with Gasteiger partial charge in [0.1, 0.15) is 13.2 Å². The van der Waals surface area contributed by atoms with Gasteiger partial charge >= 0.3 is 17.9 Å². The normalized spacial score (nSPS) is 12.8. The third-order valence-corrected chi connectivity index (χ3v) is 12.8. The second kappa shape index (κ2) is 59.9. The van der Waals surface area contributed by atoms with Gasteiger partial charge in [0.25, 0.3) is 0 Å². The van der Waals surface area contributed by atoms with E-state index in [2.05, 4.69) is 118 Å². The van der Waals surface area contributed by atoms with Crippen LogP contribution in [-0.2, 0) is 28.6 Å². The third-order valence-electron chi connectivity index (χ3n) is 12.8. The fraction of sp³-hybridized carbons (Fsp3) is 0.712. The van der Waals surface area contributed by atoms with Gasteiger partial charge in [-0.15, -0.1) is 0 Å². The zero-order valence-corrected chi connectivity index (χ0v) is 47.2. The van der Waals surface area contributed by atoms with Gasteiger partial charge in [-0.2, -0.15) is 0 Å². The number of hydrogen-bond donors (Lipinski definition) is 0. The van der Waals surface area contributed by atoms with E-state index in [1.54, 1.807) is 0 Å². The molecule has 0 fully saturated rings. The molecule has 0 N–H and O–H groups in total. The van der Waals surface area contributed by atoms with Crippen LogP contribution in [-0.4, -0.2) is 37.2 Å². The second-order valence-corrected chi connectivity index (χ2v) is 19.9. The molecule has 6 heteroatoms.